The fourth-order valence-corrected chi connectivity index (χ4v) is 1.84. The predicted octanol–water partition coefficient (Wildman–Crippen LogP) is 1.38. The Bertz CT molecular complexity index is 501. The number of halogens is 1. The molecule has 1 aliphatic carbocycles. The minimum Gasteiger partial charge on any atom is -0.352 e. The summed E-state index contributed by atoms with van der Waals surface area (Å²) in [5.41, 5.74) is 6.02. The van der Waals surface area contributed by atoms with Crippen LogP contribution in [0.1, 0.15) is 23.2 Å². The van der Waals surface area contributed by atoms with Crippen LogP contribution in [0, 0.1) is 5.92 Å². The van der Waals surface area contributed by atoms with E-state index < -0.39 is 0 Å². The Labute approximate surface area is 116 Å². The zero-order valence-electron chi connectivity index (χ0n) is 10.4. The van der Waals surface area contributed by atoms with Gasteiger partial charge in [0.05, 0.1) is 17.8 Å². The van der Waals surface area contributed by atoms with E-state index in [1.807, 2.05) is 0 Å². The van der Waals surface area contributed by atoms with Crippen molar-refractivity contribution in [3.63, 3.8) is 0 Å². The summed E-state index contributed by atoms with van der Waals surface area (Å²) in [6.45, 7) is 0.529. The number of rotatable bonds is 5. The topological polar surface area (TPSA) is 84.2 Å². The average Bonchev–Trinajstić information content (AvgIpc) is 3.22. The van der Waals surface area contributed by atoms with E-state index in [9.17, 15) is 9.59 Å². The smallest absolute Gasteiger partial charge is 0.253 e. The van der Waals surface area contributed by atoms with E-state index in [2.05, 4.69) is 10.6 Å². The second-order valence-electron chi connectivity index (χ2n) is 4.60. The Kier molecular flexibility index (Phi) is 4.39. The summed E-state index contributed by atoms with van der Waals surface area (Å²) in [6.07, 6.45) is 2.32. The van der Waals surface area contributed by atoms with Gasteiger partial charge in [0.1, 0.15) is 0 Å². The van der Waals surface area contributed by atoms with Gasteiger partial charge in [-0.05, 0) is 37.0 Å². The van der Waals surface area contributed by atoms with Crippen molar-refractivity contribution < 1.29 is 9.59 Å². The quantitative estimate of drug-likeness (QED) is 0.762. The maximum atomic E-state index is 12.1. The molecule has 1 aliphatic rings. The van der Waals surface area contributed by atoms with Crippen LogP contribution in [0.2, 0.25) is 5.02 Å². The lowest BCUT2D eigenvalue weighted by Crippen LogP contribution is -2.28. The summed E-state index contributed by atoms with van der Waals surface area (Å²) in [6, 6.07) is 4.75. The number of amides is 2. The molecule has 0 radical (unpaired) electrons. The SMILES string of the molecule is NCC(=O)Nc1ccc(Cl)cc1C(=O)NCC1CC1. The third-order valence-electron chi connectivity index (χ3n) is 2.93. The molecule has 19 heavy (non-hydrogen) atoms. The first-order chi connectivity index (χ1) is 9.10. The average molecular weight is 282 g/mol. The fraction of sp³-hybridized carbons (Fsp3) is 0.385. The molecule has 4 N–H and O–H groups in total. The fourth-order valence-electron chi connectivity index (χ4n) is 1.67. The number of nitrogens with one attached hydrogen (secondary N) is 2. The lowest BCUT2D eigenvalue weighted by atomic mass is 10.1. The maximum Gasteiger partial charge on any atom is 0.253 e. The van der Waals surface area contributed by atoms with Gasteiger partial charge in [0, 0.05) is 11.6 Å². The second-order valence-corrected chi connectivity index (χ2v) is 5.03. The predicted molar refractivity (Wildman–Crippen MR) is 74.2 cm³/mol. The number of benzene rings is 1. The van der Waals surface area contributed by atoms with E-state index in [1.54, 1.807) is 12.1 Å². The normalized spacial score (nSPS) is 14.0. The van der Waals surface area contributed by atoms with Gasteiger partial charge in [0.15, 0.2) is 0 Å². The highest BCUT2D eigenvalue weighted by atomic mass is 35.5. The Balaban J connectivity index is 2.12. The first kappa shape index (κ1) is 13.8. The van der Waals surface area contributed by atoms with Crippen LogP contribution in [0.3, 0.4) is 0 Å². The van der Waals surface area contributed by atoms with Crippen LogP contribution in [-0.2, 0) is 4.79 Å². The van der Waals surface area contributed by atoms with E-state index in [0.717, 1.165) is 12.8 Å². The van der Waals surface area contributed by atoms with Crippen molar-refractivity contribution in [2.45, 2.75) is 12.8 Å². The van der Waals surface area contributed by atoms with Crippen molar-refractivity contribution in [1.82, 2.24) is 5.32 Å². The Hall–Kier alpha value is -1.59. The molecule has 0 spiro atoms. The molecular weight excluding hydrogens is 266 g/mol. The van der Waals surface area contributed by atoms with Crippen molar-refractivity contribution in [2.75, 3.05) is 18.4 Å². The first-order valence-electron chi connectivity index (χ1n) is 6.18. The van der Waals surface area contributed by atoms with Crippen molar-refractivity contribution in [1.29, 1.82) is 0 Å². The molecular formula is C13H16ClN3O2. The van der Waals surface area contributed by atoms with Gasteiger partial charge >= 0.3 is 0 Å². The molecule has 6 heteroatoms. The van der Waals surface area contributed by atoms with E-state index in [-0.39, 0.29) is 18.4 Å². The molecule has 1 fully saturated rings. The standard InChI is InChI=1S/C13H16ClN3O2/c14-9-3-4-11(17-12(18)6-15)10(5-9)13(19)16-7-8-1-2-8/h3-5,8H,1-2,6-7,15H2,(H,16,19)(H,17,18). The summed E-state index contributed by atoms with van der Waals surface area (Å²) in [5.74, 6) is 0.00510. The lowest BCUT2D eigenvalue weighted by Gasteiger charge is -2.11. The molecule has 2 amide bonds. The molecule has 5 nitrogen and oxygen atoms in total. The summed E-state index contributed by atoms with van der Waals surface area (Å²) in [4.78, 5) is 23.4. The Morgan fingerprint density at radius 3 is 2.74 bits per heavy atom. The van der Waals surface area contributed by atoms with Gasteiger partial charge in [0.2, 0.25) is 5.91 Å². The third kappa shape index (κ3) is 3.94. The minimum atomic E-state index is -0.349. The zero-order chi connectivity index (χ0) is 13.8. The van der Waals surface area contributed by atoms with Crippen LogP contribution in [0.4, 0.5) is 5.69 Å². The van der Waals surface area contributed by atoms with Gasteiger partial charge in [-0.3, -0.25) is 9.59 Å². The largest absolute Gasteiger partial charge is 0.352 e. The molecule has 0 atom stereocenters. The molecule has 0 heterocycles. The highest BCUT2D eigenvalue weighted by molar-refractivity contribution is 6.31. The molecule has 1 aromatic rings. The van der Waals surface area contributed by atoms with E-state index in [1.165, 1.54) is 6.07 Å². The van der Waals surface area contributed by atoms with Crippen LogP contribution in [0.5, 0.6) is 0 Å². The van der Waals surface area contributed by atoms with Gasteiger partial charge in [-0.15, -0.1) is 0 Å². The third-order valence-corrected chi connectivity index (χ3v) is 3.17. The van der Waals surface area contributed by atoms with Gasteiger partial charge in [0.25, 0.3) is 5.91 Å². The van der Waals surface area contributed by atoms with Gasteiger partial charge in [-0.1, -0.05) is 11.6 Å². The van der Waals surface area contributed by atoms with Crippen LogP contribution < -0.4 is 16.4 Å². The lowest BCUT2D eigenvalue weighted by molar-refractivity contribution is -0.114. The summed E-state index contributed by atoms with van der Waals surface area (Å²) < 4.78 is 0. The van der Waals surface area contributed by atoms with Crippen molar-refractivity contribution in [3.8, 4) is 0 Å². The highest BCUT2D eigenvalue weighted by Crippen LogP contribution is 2.28. The monoisotopic (exact) mass is 281 g/mol. The van der Waals surface area contributed by atoms with E-state index >= 15 is 0 Å². The van der Waals surface area contributed by atoms with Gasteiger partial charge < -0.3 is 16.4 Å². The maximum absolute atomic E-state index is 12.1. The number of carbonyl (C=O) groups excluding carboxylic acids is 2. The van der Waals surface area contributed by atoms with Crippen LogP contribution in [-0.4, -0.2) is 24.9 Å². The molecule has 0 bridgehead atoms. The summed E-state index contributed by atoms with van der Waals surface area (Å²) in [5, 5.41) is 5.87. The summed E-state index contributed by atoms with van der Waals surface area (Å²) in [7, 11) is 0. The van der Waals surface area contributed by atoms with Crippen molar-refractivity contribution >= 4 is 29.1 Å². The van der Waals surface area contributed by atoms with Crippen molar-refractivity contribution in [2.24, 2.45) is 11.7 Å². The molecule has 1 aromatic carbocycles. The Morgan fingerprint density at radius 2 is 2.11 bits per heavy atom. The van der Waals surface area contributed by atoms with Gasteiger partial charge in [-0.25, -0.2) is 0 Å². The molecule has 0 aromatic heterocycles. The van der Waals surface area contributed by atoms with Crippen LogP contribution in [0.15, 0.2) is 18.2 Å². The summed E-state index contributed by atoms with van der Waals surface area (Å²) >= 11 is 5.89. The molecule has 1 saturated carbocycles. The number of hydrogen-bond donors (Lipinski definition) is 3. The minimum absolute atomic E-state index is 0.133. The number of carbonyl (C=O) groups is 2. The zero-order valence-corrected chi connectivity index (χ0v) is 11.2. The second kappa shape index (κ2) is 6.04. The molecule has 0 unspecified atom stereocenters. The van der Waals surface area contributed by atoms with Crippen molar-refractivity contribution in [3.05, 3.63) is 28.8 Å². The number of anilines is 1. The van der Waals surface area contributed by atoms with E-state index in [4.69, 9.17) is 17.3 Å². The molecule has 2 rings (SSSR count). The van der Waals surface area contributed by atoms with E-state index in [0.29, 0.717) is 28.7 Å². The van der Waals surface area contributed by atoms with Crippen LogP contribution in [0.25, 0.3) is 0 Å². The Morgan fingerprint density at radius 1 is 1.37 bits per heavy atom. The molecule has 0 aliphatic heterocycles. The highest BCUT2D eigenvalue weighted by Gasteiger charge is 2.22. The first-order valence-corrected chi connectivity index (χ1v) is 6.55. The number of hydrogen-bond acceptors (Lipinski definition) is 3. The molecule has 102 valence electrons. The van der Waals surface area contributed by atoms with Gasteiger partial charge in [-0.2, -0.15) is 0 Å². The number of nitrogens with two attached hydrogens (primary N) is 1. The molecule has 0 saturated heterocycles. The van der Waals surface area contributed by atoms with Crippen LogP contribution >= 0.6 is 11.6 Å².